The summed E-state index contributed by atoms with van der Waals surface area (Å²) in [6, 6.07) is 2.50. The van der Waals surface area contributed by atoms with Crippen LogP contribution in [0, 0.1) is 0 Å². The second-order valence-corrected chi connectivity index (χ2v) is 3.76. The Balaban J connectivity index is 3.23. The van der Waals surface area contributed by atoms with Gasteiger partial charge in [-0.3, -0.25) is 0 Å². The fourth-order valence-corrected chi connectivity index (χ4v) is 1.60. The maximum atomic E-state index is 12.2. The molecule has 0 bridgehead atoms. The fourth-order valence-electron chi connectivity index (χ4n) is 0.705. The minimum atomic E-state index is -2.59. The molecule has 0 N–H and O–H groups in total. The molecule has 5 heteroatoms. The van der Waals surface area contributed by atoms with E-state index >= 15 is 0 Å². The molecule has 0 saturated carbocycles. The van der Waals surface area contributed by atoms with Gasteiger partial charge in [-0.2, -0.15) is 0 Å². The molecule has 0 aliphatic rings. The molecule has 0 radical (unpaired) electrons. The van der Waals surface area contributed by atoms with Crippen LogP contribution in [0.15, 0.2) is 16.6 Å². The topological polar surface area (TPSA) is 0 Å². The number of alkyl halides is 2. The molecule has 12 heavy (non-hydrogen) atoms. The summed E-state index contributed by atoms with van der Waals surface area (Å²) >= 11 is 14.2. The highest BCUT2D eigenvalue weighted by Gasteiger charge is 2.13. The van der Waals surface area contributed by atoms with Crippen LogP contribution in [0.2, 0.25) is 10.0 Å². The lowest BCUT2D eigenvalue weighted by atomic mass is 10.2. The summed E-state index contributed by atoms with van der Waals surface area (Å²) in [6.45, 7) is 0. The van der Waals surface area contributed by atoms with E-state index in [4.69, 9.17) is 23.2 Å². The molecule has 1 aromatic rings. The molecule has 0 amide bonds. The minimum Gasteiger partial charge on any atom is -0.205 e. The Morgan fingerprint density at radius 1 is 1.17 bits per heavy atom. The van der Waals surface area contributed by atoms with Crippen LogP contribution in [0.4, 0.5) is 8.78 Å². The zero-order valence-corrected chi connectivity index (χ0v) is 8.72. The average Bonchev–Trinajstić information content (AvgIpc) is 1.96. The average molecular weight is 276 g/mol. The van der Waals surface area contributed by atoms with Crippen molar-refractivity contribution in [2.75, 3.05) is 0 Å². The molecular formula is C7H3BrCl2F2. The third kappa shape index (κ3) is 2.09. The van der Waals surface area contributed by atoms with Crippen molar-refractivity contribution in [3.8, 4) is 0 Å². The molecule has 0 unspecified atom stereocenters. The van der Waals surface area contributed by atoms with Crippen molar-refractivity contribution in [1.82, 2.24) is 0 Å². The minimum absolute atomic E-state index is 0.0151. The molecule has 1 rings (SSSR count). The van der Waals surface area contributed by atoms with Crippen molar-refractivity contribution in [2.45, 2.75) is 6.43 Å². The summed E-state index contributed by atoms with van der Waals surface area (Å²) < 4.78 is 24.9. The van der Waals surface area contributed by atoms with Gasteiger partial charge in [-0.05, 0) is 28.1 Å². The maximum Gasteiger partial charge on any atom is 0.265 e. The summed E-state index contributed by atoms with van der Waals surface area (Å²) in [5.74, 6) is 0. The van der Waals surface area contributed by atoms with Crippen molar-refractivity contribution < 1.29 is 8.78 Å². The van der Waals surface area contributed by atoms with Crippen LogP contribution in [0.3, 0.4) is 0 Å². The summed E-state index contributed by atoms with van der Waals surface area (Å²) in [7, 11) is 0. The lowest BCUT2D eigenvalue weighted by molar-refractivity contribution is 0.151. The van der Waals surface area contributed by atoms with E-state index in [2.05, 4.69) is 15.9 Å². The van der Waals surface area contributed by atoms with E-state index in [1.807, 2.05) is 0 Å². The van der Waals surface area contributed by atoms with Crippen LogP contribution >= 0.6 is 39.1 Å². The van der Waals surface area contributed by atoms with E-state index in [0.29, 0.717) is 4.47 Å². The Morgan fingerprint density at radius 2 is 1.75 bits per heavy atom. The van der Waals surface area contributed by atoms with Crippen LogP contribution in [0.25, 0.3) is 0 Å². The van der Waals surface area contributed by atoms with Crippen molar-refractivity contribution in [2.24, 2.45) is 0 Å². The van der Waals surface area contributed by atoms with Gasteiger partial charge in [-0.15, -0.1) is 0 Å². The van der Waals surface area contributed by atoms with Crippen LogP contribution in [-0.4, -0.2) is 0 Å². The Labute approximate surface area is 86.6 Å². The second-order valence-electron chi connectivity index (χ2n) is 2.09. The summed E-state index contributed by atoms with van der Waals surface area (Å²) in [5.41, 5.74) is -0.245. The molecule has 0 atom stereocenters. The molecule has 0 aliphatic carbocycles. The van der Waals surface area contributed by atoms with Crippen molar-refractivity contribution >= 4 is 39.1 Å². The van der Waals surface area contributed by atoms with E-state index in [0.717, 1.165) is 6.07 Å². The van der Waals surface area contributed by atoms with E-state index in [1.54, 1.807) is 0 Å². The van der Waals surface area contributed by atoms with Gasteiger partial charge in [-0.25, -0.2) is 8.78 Å². The van der Waals surface area contributed by atoms with Crippen LogP contribution in [0.5, 0.6) is 0 Å². The predicted octanol–water partition coefficient (Wildman–Crippen LogP) is 4.69. The molecule has 0 heterocycles. The zero-order chi connectivity index (χ0) is 9.30. The van der Waals surface area contributed by atoms with E-state index in [9.17, 15) is 8.78 Å². The highest BCUT2D eigenvalue weighted by atomic mass is 79.9. The standard InChI is InChI=1S/C7H3BrCl2F2/c8-4-2-5(9)3(7(11)12)1-6(4)10/h1-2,7H. The number of hydrogen-bond donors (Lipinski definition) is 0. The lowest BCUT2D eigenvalue weighted by Crippen LogP contribution is -1.86. The largest absolute Gasteiger partial charge is 0.265 e. The quantitative estimate of drug-likeness (QED) is 0.652. The molecule has 0 aromatic heterocycles. The molecule has 0 spiro atoms. The normalized spacial score (nSPS) is 10.8. The molecule has 1 aromatic carbocycles. The molecule has 0 aliphatic heterocycles. The highest BCUT2D eigenvalue weighted by molar-refractivity contribution is 9.10. The first-order chi connectivity index (χ1) is 5.52. The Kier molecular flexibility index (Phi) is 3.32. The Hall–Kier alpha value is 0.140. The molecule has 66 valence electrons. The van der Waals surface area contributed by atoms with E-state index < -0.39 is 6.43 Å². The number of hydrogen-bond acceptors (Lipinski definition) is 0. The van der Waals surface area contributed by atoms with Gasteiger partial charge in [0.1, 0.15) is 0 Å². The smallest absolute Gasteiger partial charge is 0.205 e. The van der Waals surface area contributed by atoms with Gasteiger partial charge < -0.3 is 0 Å². The van der Waals surface area contributed by atoms with E-state index in [-0.39, 0.29) is 15.6 Å². The first-order valence-corrected chi connectivity index (χ1v) is 4.50. The Morgan fingerprint density at radius 3 is 2.25 bits per heavy atom. The summed E-state index contributed by atoms with van der Waals surface area (Å²) in [6.07, 6.45) is -2.59. The third-order valence-electron chi connectivity index (χ3n) is 1.27. The first kappa shape index (κ1) is 10.2. The van der Waals surface area contributed by atoms with Crippen LogP contribution in [0.1, 0.15) is 12.0 Å². The van der Waals surface area contributed by atoms with Gasteiger partial charge in [0.2, 0.25) is 0 Å². The van der Waals surface area contributed by atoms with Crippen molar-refractivity contribution in [1.29, 1.82) is 0 Å². The molecule has 0 fully saturated rings. The Bertz CT molecular complexity index is 302. The lowest BCUT2D eigenvalue weighted by Gasteiger charge is -2.04. The number of rotatable bonds is 1. The van der Waals surface area contributed by atoms with Gasteiger partial charge in [0, 0.05) is 10.0 Å². The SMILES string of the molecule is FC(F)c1cc(Cl)c(Br)cc1Cl. The predicted molar refractivity (Wildman–Crippen MR) is 49.1 cm³/mol. The number of halogens is 5. The molecular weight excluding hydrogens is 273 g/mol. The summed E-state index contributed by atoms with van der Waals surface area (Å²) in [4.78, 5) is 0. The first-order valence-electron chi connectivity index (χ1n) is 2.95. The van der Waals surface area contributed by atoms with E-state index in [1.165, 1.54) is 6.07 Å². The van der Waals surface area contributed by atoms with Gasteiger partial charge in [0.05, 0.1) is 10.0 Å². The number of benzene rings is 1. The van der Waals surface area contributed by atoms with Crippen LogP contribution in [-0.2, 0) is 0 Å². The molecule has 0 saturated heterocycles. The summed E-state index contributed by atoms with van der Waals surface area (Å²) in [5, 5.41) is 0.246. The third-order valence-corrected chi connectivity index (χ3v) is 2.80. The zero-order valence-electron chi connectivity index (χ0n) is 5.62. The monoisotopic (exact) mass is 274 g/mol. The highest BCUT2D eigenvalue weighted by Crippen LogP contribution is 2.34. The fraction of sp³-hybridized carbons (Fsp3) is 0.143. The second kappa shape index (κ2) is 3.90. The van der Waals surface area contributed by atoms with Crippen molar-refractivity contribution in [3.05, 3.63) is 32.2 Å². The van der Waals surface area contributed by atoms with Gasteiger partial charge in [-0.1, -0.05) is 23.2 Å². The molecule has 0 nitrogen and oxygen atoms in total. The van der Waals surface area contributed by atoms with Crippen LogP contribution < -0.4 is 0 Å². The van der Waals surface area contributed by atoms with Gasteiger partial charge in [0.25, 0.3) is 6.43 Å². The van der Waals surface area contributed by atoms with Gasteiger partial charge in [0.15, 0.2) is 0 Å². The maximum absolute atomic E-state index is 12.2. The van der Waals surface area contributed by atoms with Crippen molar-refractivity contribution in [3.63, 3.8) is 0 Å². The van der Waals surface area contributed by atoms with Gasteiger partial charge >= 0.3 is 0 Å².